The van der Waals surface area contributed by atoms with E-state index >= 15 is 0 Å². The second-order valence-electron chi connectivity index (χ2n) is 4.77. The van der Waals surface area contributed by atoms with E-state index in [2.05, 4.69) is 5.32 Å². The molecule has 0 bridgehead atoms. The predicted octanol–water partition coefficient (Wildman–Crippen LogP) is 2.85. The molecule has 0 saturated carbocycles. The highest BCUT2D eigenvalue weighted by molar-refractivity contribution is 5.95. The van der Waals surface area contributed by atoms with Crippen molar-refractivity contribution in [1.82, 2.24) is 5.32 Å². The zero-order valence-electron chi connectivity index (χ0n) is 11.8. The van der Waals surface area contributed by atoms with Crippen LogP contribution in [-0.2, 0) is 6.42 Å². The van der Waals surface area contributed by atoms with Gasteiger partial charge >= 0.3 is 0 Å². The number of nitrogens with one attached hydrogen (secondary N) is 1. The van der Waals surface area contributed by atoms with Gasteiger partial charge in [0.05, 0.1) is 12.6 Å². The molecule has 0 spiro atoms. The molecule has 110 valence electrons. The molecule has 2 N–H and O–H groups in total. The number of benzene rings is 2. The maximum absolute atomic E-state index is 13.2. The van der Waals surface area contributed by atoms with E-state index in [1.165, 1.54) is 12.1 Å². The van der Waals surface area contributed by atoms with E-state index in [0.717, 1.165) is 12.0 Å². The molecule has 1 amide bonds. The second kappa shape index (κ2) is 6.99. The highest BCUT2D eigenvalue weighted by Gasteiger charge is 2.17. The standard InChI is InChI=1S/C17H18FNO2/c1-2-12-6-3-4-9-15(12)17(21)19-16(11-20)13-7-5-8-14(18)10-13/h3-10,16,20H,2,11H2,1H3,(H,19,21). The maximum Gasteiger partial charge on any atom is 0.252 e. The Balaban J connectivity index is 2.20. The second-order valence-corrected chi connectivity index (χ2v) is 4.77. The van der Waals surface area contributed by atoms with Crippen LogP contribution in [0.2, 0.25) is 0 Å². The van der Waals surface area contributed by atoms with Crippen LogP contribution in [0.25, 0.3) is 0 Å². The van der Waals surface area contributed by atoms with Crippen LogP contribution < -0.4 is 5.32 Å². The zero-order chi connectivity index (χ0) is 15.2. The minimum atomic E-state index is -0.627. The van der Waals surface area contributed by atoms with Crippen molar-refractivity contribution in [2.45, 2.75) is 19.4 Å². The summed E-state index contributed by atoms with van der Waals surface area (Å²) in [6.07, 6.45) is 0.743. The highest BCUT2D eigenvalue weighted by atomic mass is 19.1. The number of hydrogen-bond donors (Lipinski definition) is 2. The van der Waals surface area contributed by atoms with Crippen LogP contribution in [0, 0.1) is 5.82 Å². The van der Waals surface area contributed by atoms with Crippen molar-refractivity contribution in [3.63, 3.8) is 0 Å². The zero-order valence-corrected chi connectivity index (χ0v) is 11.8. The minimum absolute atomic E-state index is 0.268. The highest BCUT2D eigenvalue weighted by Crippen LogP contribution is 2.16. The fraction of sp³-hybridized carbons (Fsp3) is 0.235. The Morgan fingerprint density at radius 3 is 2.67 bits per heavy atom. The van der Waals surface area contributed by atoms with Crippen molar-refractivity contribution in [2.24, 2.45) is 0 Å². The lowest BCUT2D eigenvalue weighted by molar-refractivity contribution is 0.0915. The average Bonchev–Trinajstić information content (AvgIpc) is 2.52. The summed E-state index contributed by atoms with van der Waals surface area (Å²) in [6, 6.07) is 12.6. The first kappa shape index (κ1) is 15.2. The summed E-state index contributed by atoms with van der Waals surface area (Å²) in [6.45, 7) is 1.69. The van der Waals surface area contributed by atoms with Gasteiger partial charge in [-0.15, -0.1) is 0 Å². The van der Waals surface area contributed by atoms with Crippen LogP contribution in [0.4, 0.5) is 4.39 Å². The van der Waals surface area contributed by atoms with E-state index in [1.54, 1.807) is 24.3 Å². The van der Waals surface area contributed by atoms with Gasteiger partial charge in [0, 0.05) is 5.56 Å². The summed E-state index contributed by atoms with van der Waals surface area (Å²) in [7, 11) is 0. The fourth-order valence-corrected chi connectivity index (χ4v) is 2.24. The quantitative estimate of drug-likeness (QED) is 0.888. The summed E-state index contributed by atoms with van der Waals surface area (Å²) in [5.41, 5.74) is 2.06. The summed E-state index contributed by atoms with van der Waals surface area (Å²) >= 11 is 0. The normalized spacial score (nSPS) is 12.0. The number of aliphatic hydroxyl groups is 1. The van der Waals surface area contributed by atoms with Crippen molar-refractivity contribution in [2.75, 3.05) is 6.61 Å². The molecular weight excluding hydrogens is 269 g/mol. The average molecular weight is 287 g/mol. The number of carbonyl (C=O) groups is 1. The third-order valence-electron chi connectivity index (χ3n) is 3.38. The fourth-order valence-electron chi connectivity index (χ4n) is 2.24. The van der Waals surface area contributed by atoms with Crippen molar-refractivity contribution in [1.29, 1.82) is 0 Å². The van der Waals surface area contributed by atoms with Crippen molar-refractivity contribution < 1.29 is 14.3 Å². The van der Waals surface area contributed by atoms with Crippen LogP contribution in [0.15, 0.2) is 48.5 Å². The lowest BCUT2D eigenvalue weighted by Gasteiger charge is -2.18. The van der Waals surface area contributed by atoms with Crippen molar-refractivity contribution in [3.05, 3.63) is 71.0 Å². The Hall–Kier alpha value is -2.20. The largest absolute Gasteiger partial charge is 0.394 e. The number of aryl methyl sites for hydroxylation is 1. The predicted molar refractivity (Wildman–Crippen MR) is 79.5 cm³/mol. The molecule has 0 saturated heterocycles. The summed E-state index contributed by atoms with van der Waals surface area (Å²) in [4.78, 5) is 12.3. The number of amides is 1. The van der Waals surface area contributed by atoms with Gasteiger partial charge in [-0.1, -0.05) is 37.3 Å². The van der Waals surface area contributed by atoms with Gasteiger partial charge in [0.15, 0.2) is 0 Å². The van der Waals surface area contributed by atoms with E-state index < -0.39 is 11.9 Å². The third kappa shape index (κ3) is 3.67. The van der Waals surface area contributed by atoms with Gasteiger partial charge in [0.1, 0.15) is 5.82 Å². The molecule has 2 aromatic rings. The molecule has 0 aliphatic heterocycles. The smallest absolute Gasteiger partial charge is 0.252 e. The van der Waals surface area contributed by atoms with Gasteiger partial charge in [-0.05, 0) is 35.7 Å². The molecule has 1 atom stereocenters. The first-order valence-corrected chi connectivity index (χ1v) is 6.90. The summed E-state index contributed by atoms with van der Waals surface area (Å²) in [5, 5.41) is 12.2. The van der Waals surface area contributed by atoms with Gasteiger partial charge in [-0.2, -0.15) is 0 Å². The maximum atomic E-state index is 13.2. The lowest BCUT2D eigenvalue weighted by Crippen LogP contribution is -2.31. The van der Waals surface area contributed by atoms with Crippen LogP contribution in [0.5, 0.6) is 0 Å². The molecule has 0 aromatic heterocycles. The number of carbonyl (C=O) groups excluding carboxylic acids is 1. The number of halogens is 1. The number of rotatable bonds is 5. The molecule has 2 rings (SSSR count). The first-order valence-electron chi connectivity index (χ1n) is 6.90. The van der Waals surface area contributed by atoms with Crippen LogP contribution in [0.1, 0.15) is 34.5 Å². The Labute approximate surface area is 123 Å². The monoisotopic (exact) mass is 287 g/mol. The van der Waals surface area contributed by atoms with Crippen molar-refractivity contribution in [3.8, 4) is 0 Å². The molecule has 0 heterocycles. The molecule has 0 radical (unpaired) electrons. The molecule has 21 heavy (non-hydrogen) atoms. The molecule has 0 aliphatic carbocycles. The van der Waals surface area contributed by atoms with Gasteiger partial charge in [-0.25, -0.2) is 4.39 Å². The van der Waals surface area contributed by atoms with E-state index in [1.807, 2.05) is 19.1 Å². The molecule has 4 heteroatoms. The summed E-state index contributed by atoms with van der Waals surface area (Å²) in [5.74, 6) is -0.662. The SMILES string of the molecule is CCc1ccccc1C(=O)NC(CO)c1cccc(F)c1. The topological polar surface area (TPSA) is 49.3 Å². The van der Waals surface area contributed by atoms with E-state index in [-0.39, 0.29) is 12.5 Å². The summed E-state index contributed by atoms with van der Waals surface area (Å²) < 4.78 is 13.2. The number of hydrogen-bond acceptors (Lipinski definition) is 2. The van der Waals surface area contributed by atoms with E-state index in [9.17, 15) is 14.3 Å². The Kier molecular flexibility index (Phi) is 5.06. The lowest BCUT2D eigenvalue weighted by atomic mass is 10.0. The molecule has 3 nitrogen and oxygen atoms in total. The Bertz CT molecular complexity index is 628. The molecule has 0 aliphatic rings. The van der Waals surface area contributed by atoms with Gasteiger partial charge in [-0.3, -0.25) is 4.79 Å². The van der Waals surface area contributed by atoms with Gasteiger partial charge in [0.2, 0.25) is 0 Å². The van der Waals surface area contributed by atoms with E-state index in [0.29, 0.717) is 11.1 Å². The van der Waals surface area contributed by atoms with Gasteiger partial charge < -0.3 is 10.4 Å². The van der Waals surface area contributed by atoms with Crippen molar-refractivity contribution >= 4 is 5.91 Å². The molecular formula is C17H18FNO2. The van der Waals surface area contributed by atoms with Gasteiger partial charge in [0.25, 0.3) is 5.91 Å². The van der Waals surface area contributed by atoms with E-state index in [4.69, 9.17) is 0 Å². The van der Waals surface area contributed by atoms with Crippen LogP contribution in [0.3, 0.4) is 0 Å². The third-order valence-corrected chi connectivity index (χ3v) is 3.38. The first-order chi connectivity index (χ1) is 10.2. The molecule has 1 unspecified atom stereocenters. The number of aliphatic hydroxyl groups excluding tert-OH is 1. The van der Waals surface area contributed by atoms with Crippen LogP contribution in [-0.4, -0.2) is 17.6 Å². The molecule has 2 aromatic carbocycles. The Morgan fingerprint density at radius 2 is 2.00 bits per heavy atom. The van der Waals surface area contributed by atoms with Crippen LogP contribution >= 0.6 is 0 Å². The minimum Gasteiger partial charge on any atom is -0.394 e. The Morgan fingerprint density at radius 1 is 1.24 bits per heavy atom. The molecule has 0 fully saturated rings.